The highest BCUT2D eigenvalue weighted by atomic mass is 16.6. The van der Waals surface area contributed by atoms with E-state index >= 15 is 0 Å². The van der Waals surface area contributed by atoms with Gasteiger partial charge in [-0.15, -0.1) is 0 Å². The highest BCUT2D eigenvalue weighted by molar-refractivity contribution is 6.01. The first kappa shape index (κ1) is 14.4. The second kappa shape index (κ2) is 6.42. The highest BCUT2D eigenvalue weighted by Crippen LogP contribution is 2.14. The van der Waals surface area contributed by atoms with Gasteiger partial charge >= 0.3 is 0 Å². The van der Waals surface area contributed by atoms with Crippen molar-refractivity contribution in [2.45, 2.75) is 6.92 Å². The average Bonchev–Trinajstić information content (AvgIpc) is 2.45. The molecule has 2 aromatic rings. The van der Waals surface area contributed by atoms with Crippen LogP contribution in [0.1, 0.15) is 11.1 Å². The third kappa shape index (κ3) is 4.24. The molecule has 0 aliphatic carbocycles. The van der Waals surface area contributed by atoms with Crippen LogP contribution in [-0.4, -0.2) is 15.8 Å². The van der Waals surface area contributed by atoms with Gasteiger partial charge in [-0.3, -0.25) is 14.9 Å². The van der Waals surface area contributed by atoms with Crippen LogP contribution in [0.3, 0.4) is 0 Å². The fourth-order valence-electron chi connectivity index (χ4n) is 1.69. The van der Waals surface area contributed by atoms with Gasteiger partial charge in [0.1, 0.15) is 5.82 Å². The molecule has 1 aromatic carbocycles. The first-order valence-electron chi connectivity index (χ1n) is 6.21. The molecule has 0 spiro atoms. The minimum Gasteiger partial charge on any atom is -0.307 e. The van der Waals surface area contributed by atoms with Gasteiger partial charge in [0.05, 0.1) is 4.92 Å². The number of non-ortho nitro benzene ring substituents is 1. The SMILES string of the molecule is Cc1ccnc(NC(=O)/C=C/c2cccc([N+](=O)[O-])c2)c1. The van der Waals surface area contributed by atoms with E-state index in [9.17, 15) is 14.9 Å². The van der Waals surface area contributed by atoms with E-state index in [1.165, 1.54) is 24.3 Å². The van der Waals surface area contributed by atoms with Crippen molar-refractivity contribution in [3.63, 3.8) is 0 Å². The molecule has 6 nitrogen and oxygen atoms in total. The van der Waals surface area contributed by atoms with Gasteiger partial charge < -0.3 is 5.32 Å². The van der Waals surface area contributed by atoms with E-state index in [0.29, 0.717) is 11.4 Å². The molecule has 106 valence electrons. The summed E-state index contributed by atoms with van der Waals surface area (Å²) in [5.41, 5.74) is 1.55. The van der Waals surface area contributed by atoms with Crippen molar-refractivity contribution in [3.8, 4) is 0 Å². The molecule has 0 aliphatic rings. The molecule has 1 amide bonds. The van der Waals surface area contributed by atoms with E-state index in [0.717, 1.165) is 5.56 Å². The van der Waals surface area contributed by atoms with Crippen LogP contribution in [0, 0.1) is 17.0 Å². The number of anilines is 1. The first-order valence-corrected chi connectivity index (χ1v) is 6.21. The quantitative estimate of drug-likeness (QED) is 0.531. The number of nitrogens with zero attached hydrogens (tertiary/aromatic N) is 2. The summed E-state index contributed by atoms with van der Waals surface area (Å²) in [4.78, 5) is 25.9. The van der Waals surface area contributed by atoms with Gasteiger partial charge in [-0.25, -0.2) is 4.98 Å². The predicted molar refractivity (Wildman–Crippen MR) is 79.7 cm³/mol. The summed E-state index contributed by atoms with van der Waals surface area (Å²) >= 11 is 0. The Balaban J connectivity index is 2.05. The molecule has 2 rings (SSSR count). The average molecular weight is 283 g/mol. The lowest BCUT2D eigenvalue weighted by atomic mass is 10.2. The van der Waals surface area contributed by atoms with E-state index in [1.54, 1.807) is 24.4 Å². The van der Waals surface area contributed by atoms with Crippen molar-refractivity contribution in [2.24, 2.45) is 0 Å². The Morgan fingerprint density at radius 3 is 2.86 bits per heavy atom. The van der Waals surface area contributed by atoms with Gasteiger partial charge in [0.2, 0.25) is 5.91 Å². The number of nitro benzene ring substituents is 1. The van der Waals surface area contributed by atoms with Crippen LogP contribution in [0.2, 0.25) is 0 Å². The zero-order chi connectivity index (χ0) is 15.2. The Kier molecular flexibility index (Phi) is 4.40. The molecule has 0 atom stereocenters. The number of rotatable bonds is 4. The number of aromatic nitrogens is 1. The van der Waals surface area contributed by atoms with Gasteiger partial charge in [0.25, 0.3) is 5.69 Å². The number of nitrogens with one attached hydrogen (secondary N) is 1. The van der Waals surface area contributed by atoms with Gasteiger partial charge in [0, 0.05) is 24.4 Å². The summed E-state index contributed by atoms with van der Waals surface area (Å²) in [5, 5.41) is 13.3. The third-order valence-electron chi connectivity index (χ3n) is 2.67. The van der Waals surface area contributed by atoms with Gasteiger partial charge in [0.15, 0.2) is 0 Å². The lowest BCUT2D eigenvalue weighted by molar-refractivity contribution is -0.384. The molecule has 1 aromatic heterocycles. The van der Waals surface area contributed by atoms with E-state index in [4.69, 9.17) is 0 Å². The molecule has 0 unspecified atom stereocenters. The topological polar surface area (TPSA) is 85.1 Å². The molecule has 21 heavy (non-hydrogen) atoms. The summed E-state index contributed by atoms with van der Waals surface area (Å²) in [6, 6.07) is 9.62. The predicted octanol–water partition coefficient (Wildman–Crippen LogP) is 2.95. The van der Waals surface area contributed by atoms with Crippen LogP contribution in [0.25, 0.3) is 6.08 Å². The number of benzene rings is 1. The molecule has 1 heterocycles. The zero-order valence-electron chi connectivity index (χ0n) is 11.3. The smallest absolute Gasteiger partial charge is 0.270 e. The monoisotopic (exact) mass is 283 g/mol. The Morgan fingerprint density at radius 1 is 1.33 bits per heavy atom. The lowest BCUT2D eigenvalue weighted by Crippen LogP contribution is -2.09. The number of aryl methyl sites for hydroxylation is 1. The standard InChI is InChI=1S/C15H13N3O3/c1-11-7-8-16-14(9-11)17-15(19)6-5-12-3-2-4-13(10-12)18(20)21/h2-10H,1H3,(H,16,17,19)/b6-5+. The molecule has 0 saturated heterocycles. The van der Waals surface area contributed by atoms with Crippen molar-refractivity contribution in [2.75, 3.05) is 5.32 Å². The molecule has 0 fully saturated rings. The largest absolute Gasteiger partial charge is 0.307 e. The third-order valence-corrected chi connectivity index (χ3v) is 2.67. The lowest BCUT2D eigenvalue weighted by Gasteiger charge is -2.01. The van der Waals surface area contributed by atoms with Crippen molar-refractivity contribution in [1.29, 1.82) is 0 Å². The Hall–Kier alpha value is -3.02. The number of hydrogen-bond acceptors (Lipinski definition) is 4. The van der Waals surface area contributed by atoms with Gasteiger partial charge in [-0.2, -0.15) is 0 Å². The van der Waals surface area contributed by atoms with Crippen molar-refractivity contribution < 1.29 is 9.72 Å². The molecule has 0 bridgehead atoms. The van der Waals surface area contributed by atoms with E-state index < -0.39 is 4.92 Å². The highest BCUT2D eigenvalue weighted by Gasteiger charge is 2.04. The Labute approximate surface area is 121 Å². The Bertz CT molecular complexity index is 711. The summed E-state index contributed by atoms with van der Waals surface area (Å²) in [6.45, 7) is 1.90. The van der Waals surface area contributed by atoms with Gasteiger partial charge in [-0.1, -0.05) is 12.1 Å². The van der Waals surface area contributed by atoms with Crippen molar-refractivity contribution >= 4 is 23.5 Å². The number of carbonyl (C=O) groups is 1. The Morgan fingerprint density at radius 2 is 2.14 bits per heavy atom. The second-order valence-corrected chi connectivity index (χ2v) is 4.39. The van der Waals surface area contributed by atoms with Crippen LogP contribution in [-0.2, 0) is 4.79 Å². The van der Waals surface area contributed by atoms with Crippen LogP contribution in [0.5, 0.6) is 0 Å². The summed E-state index contributed by atoms with van der Waals surface area (Å²) < 4.78 is 0. The normalized spacial score (nSPS) is 10.5. The van der Waals surface area contributed by atoms with E-state index in [-0.39, 0.29) is 11.6 Å². The fourth-order valence-corrected chi connectivity index (χ4v) is 1.69. The maximum atomic E-state index is 11.7. The van der Waals surface area contributed by atoms with Crippen LogP contribution in [0.15, 0.2) is 48.7 Å². The maximum Gasteiger partial charge on any atom is 0.270 e. The summed E-state index contributed by atoms with van der Waals surface area (Å²) in [6.07, 6.45) is 4.43. The van der Waals surface area contributed by atoms with E-state index in [2.05, 4.69) is 10.3 Å². The van der Waals surface area contributed by atoms with Crippen molar-refractivity contribution in [1.82, 2.24) is 4.98 Å². The number of amides is 1. The minimum atomic E-state index is -0.478. The van der Waals surface area contributed by atoms with Crippen LogP contribution >= 0.6 is 0 Å². The second-order valence-electron chi connectivity index (χ2n) is 4.39. The van der Waals surface area contributed by atoms with Crippen LogP contribution < -0.4 is 5.32 Å². The molecule has 0 saturated carbocycles. The summed E-state index contributed by atoms with van der Waals surface area (Å²) in [7, 11) is 0. The molecular formula is C15H13N3O3. The van der Waals surface area contributed by atoms with Crippen LogP contribution in [0.4, 0.5) is 11.5 Å². The van der Waals surface area contributed by atoms with E-state index in [1.807, 2.05) is 13.0 Å². The zero-order valence-corrected chi connectivity index (χ0v) is 11.3. The molecule has 0 radical (unpaired) electrons. The molecular weight excluding hydrogens is 270 g/mol. The van der Waals surface area contributed by atoms with Gasteiger partial charge in [-0.05, 0) is 36.3 Å². The molecule has 0 aliphatic heterocycles. The summed E-state index contributed by atoms with van der Waals surface area (Å²) in [5.74, 6) is 0.114. The minimum absolute atomic E-state index is 0.0158. The number of carbonyl (C=O) groups excluding carboxylic acids is 1. The number of hydrogen-bond donors (Lipinski definition) is 1. The number of pyridine rings is 1. The molecule has 1 N–H and O–H groups in total. The maximum absolute atomic E-state index is 11.7. The first-order chi connectivity index (χ1) is 10.0. The number of nitro groups is 1. The van der Waals surface area contributed by atoms with Crippen molar-refractivity contribution in [3.05, 3.63) is 69.9 Å². The molecule has 6 heteroatoms. The fraction of sp³-hybridized carbons (Fsp3) is 0.0667.